The maximum Gasteiger partial charge on any atom is 0.0132 e. The summed E-state index contributed by atoms with van der Waals surface area (Å²) in [6.45, 7) is 7.40. The topological polar surface area (TPSA) is 0 Å². The molecule has 0 aromatic rings. The molecule has 0 heterocycles. The molecule has 0 saturated heterocycles. The minimum absolute atomic E-state index is 0.935. The molecule has 0 aliphatic carbocycles. The summed E-state index contributed by atoms with van der Waals surface area (Å²) >= 11 is 0. The molecule has 0 radical (unpaired) electrons. The van der Waals surface area contributed by atoms with Gasteiger partial charge < -0.3 is 0 Å². The van der Waals surface area contributed by atoms with Crippen LogP contribution in [0.5, 0.6) is 0 Å². The molecule has 48 valence electrons. The highest BCUT2D eigenvalue weighted by Crippen LogP contribution is 1.98. The summed E-state index contributed by atoms with van der Waals surface area (Å²) in [6, 6.07) is 0. The smallest absolute Gasteiger partial charge is 0.0132 e. The van der Waals surface area contributed by atoms with Gasteiger partial charge in [0, 0.05) is 6.42 Å². The van der Waals surface area contributed by atoms with E-state index in [1.807, 2.05) is 13.8 Å². The van der Waals surface area contributed by atoms with Crippen LogP contribution >= 0.6 is 0 Å². The van der Waals surface area contributed by atoms with E-state index in [0.29, 0.717) is 0 Å². The van der Waals surface area contributed by atoms with E-state index in [4.69, 9.17) is 0 Å². The van der Waals surface area contributed by atoms with Crippen LogP contribution in [0, 0.1) is 11.8 Å². The van der Waals surface area contributed by atoms with Gasteiger partial charge in [-0.3, -0.25) is 0 Å². The molecule has 0 aromatic carbocycles. The molecule has 0 saturated carbocycles. The molecule has 0 nitrogen and oxygen atoms in total. The summed E-state index contributed by atoms with van der Waals surface area (Å²) in [6.07, 6.45) is 1.94. The van der Waals surface area contributed by atoms with Gasteiger partial charge in [0.25, 0.3) is 0 Å². The zero-order chi connectivity index (χ0) is 7.11. The van der Waals surface area contributed by atoms with Crippen LogP contribution in [0.4, 0.5) is 0 Å². The number of hydrogen-bond acceptors (Lipinski definition) is 0. The molecule has 0 heteroatoms. The highest BCUT2D eigenvalue weighted by molar-refractivity contribution is 5.01. The van der Waals surface area contributed by atoms with Gasteiger partial charge in [0.05, 0.1) is 0 Å². The van der Waals surface area contributed by atoms with E-state index in [9.17, 15) is 0 Å². The van der Waals surface area contributed by atoms with Gasteiger partial charge in [0.1, 0.15) is 0 Å². The highest BCUT2D eigenvalue weighted by Gasteiger charge is 1.82. The Bertz CT molecular complexity index is 170. The second-order valence-corrected chi connectivity index (χ2v) is 1.88. The third kappa shape index (κ3) is 4.94. The molecule has 0 rings (SSSR count). The van der Waals surface area contributed by atoms with Gasteiger partial charge in [0.15, 0.2) is 0 Å². The number of rotatable bonds is 2. The van der Waals surface area contributed by atoms with Crippen molar-refractivity contribution in [1.82, 2.24) is 0 Å². The first-order valence-corrected chi connectivity index (χ1v) is 3.06. The molecule has 0 bridgehead atoms. The van der Waals surface area contributed by atoms with Crippen molar-refractivity contribution >= 4 is 0 Å². The van der Waals surface area contributed by atoms with Crippen LogP contribution < -0.4 is 0 Å². The quantitative estimate of drug-likeness (QED) is 0.388. The van der Waals surface area contributed by atoms with Gasteiger partial charge in [-0.15, -0.1) is 17.6 Å². The van der Waals surface area contributed by atoms with Crippen molar-refractivity contribution in [2.45, 2.75) is 26.7 Å². The minimum atomic E-state index is 0.935. The van der Waals surface area contributed by atoms with E-state index in [-0.39, 0.29) is 0 Å². The monoisotopic (exact) mass is 120 g/mol. The zero-order valence-electron chi connectivity index (χ0n) is 6.12. The van der Waals surface area contributed by atoms with Crippen LogP contribution in [0.15, 0.2) is 17.9 Å². The molecule has 0 atom stereocenters. The second kappa shape index (κ2) is 5.22. The van der Waals surface area contributed by atoms with Gasteiger partial charge in [-0.2, -0.15) is 0 Å². The summed E-state index contributed by atoms with van der Waals surface area (Å²) in [5.41, 5.74) is 4.02. The van der Waals surface area contributed by atoms with E-state index in [1.54, 1.807) is 0 Å². The first kappa shape index (κ1) is 8.08. The van der Waals surface area contributed by atoms with Crippen molar-refractivity contribution in [2.24, 2.45) is 0 Å². The largest absolute Gasteiger partial charge is 0.130 e. The lowest BCUT2D eigenvalue weighted by molar-refractivity contribution is 1.01. The van der Waals surface area contributed by atoms with Crippen molar-refractivity contribution in [3.63, 3.8) is 0 Å². The van der Waals surface area contributed by atoms with Gasteiger partial charge >= 0.3 is 0 Å². The third-order valence-electron chi connectivity index (χ3n) is 1.10. The van der Waals surface area contributed by atoms with E-state index < -0.39 is 0 Å². The Morgan fingerprint density at radius 1 is 1.56 bits per heavy atom. The van der Waals surface area contributed by atoms with E-state index >= 15 is 0 Å². The predicted octanol–water partition coefficient (Wildman–Crippen LogP) is 2.52. The van der Waals surface area contributed by atoms with Crippen LogP contribution in [-0.2, 0) is 0 Å². The first-order chi connectivity index (χ1) is 4.31. The Hall–Kier alpha value is -0.920. The normalized spacial score (nSPS) is 6.89. The van der Waals surface area contributed by atoms with Crippen LogP contribution in [0.25, 0.3) is 0 Å². The Morgan fingerprint density at radius 2 is 2.22 bits per heavy atom. The van der Waals surface area contributed by atoms with Crippen molar-refractivity contribution in [2.75, 3.05) is 0 Å². The third-order valence-corrected chi connectivity index (χ3v) is 1.10. The van der Waals surface area contributed by atoms with Gasteiger partial charge in [0.2, 0.25) is 0 Å². The molecular weight excluding hydrogens is 108 g/mol. The zero-order valence-corrected chi connectivity index (χ0v) is 6.12. The Kier molecular flexibility index (Phi) is 4.69. The lowest BCUT2D eigenvalue weighted by Crippen LogP contribution is -1.71. The van der Waals surface area contributed by atoms with E-state index in [2.05, 4.69) is 24.2 Å². The van der Waals surface area contributed by atoms with Crippen LogP contribution in [0.1, 0.15) is 26.7 Å². The molecule has 0 fully saturated rings. The molecule has 9 heavy (non-hydrogen) atoms. The van der Waals surface area contributed by atoms with Crippen molar-refractivity contribution in [1.29, 1.82) is 0 Å². The minimum Gasteiger partial charge on any atom is -0.130 e. The van der Waals surface area contributed by atoms with Crippen LogP contribution in [0.2, 0.25) is 0 Å². The molecule has 0 spiro atoms. The summed E-state index contributed by atoms with van der Waals surface area (Å²) in [7, 11) is 0. The standard InChI is InChI=1S/C9H12/c1-4-6-7-8-9(3)5-2/h2,7-8H2,1,3H3. The maximum atomic E-state index is 3.53. The molecular formula is C9H12. The predicted molar refractivity (Wildman–Crippen MR) is 41.0 cm³/mol. The number of allylic oxidation sites excluding steroid dienone is 1. The van der Waals surface area contributed by atoms with E-state index in [1.165, 1.54) is 5.57 Å². The lowest BCUT2D eigenvalue weighted by atomic mass is 10.2. The SMILES string of the molecule is C=C=C(C)CCC#CC. The Balaban J connectivity index is 3.48. The summed E-state index contributed by atoms with van der Waals surface area (Å²) < 4.78 is 0. The Morgan fingerprint density at radius 3 is 2.67 bits per heavy atom. The van der Waals surface area contributed by atoms with Crippen molar-refractivity contribution in [3.05, 3.63) is 17.9 Å². The highest BCUT2D eigenvalue weighted by atomic mass is 13.9. The number of hydrogen-bond donors (Lipinski definition) is 0. The van der Waals surface area contributed by atoms with Gasteiger partial charge in [-0.1, -0.05) is 6.58 Å². The maximum absolute atomic E-state index is 3.53. The molecule has 0 N–H and O–H groups in total. The first-order valence-electron chi connectivity index (χ1n) is 3.06. The molecule has 0 aromatic heterocycles. The molecule has 0 aliphatic rings. The fourth-order valence-electron chi connectivity index (χ4n) is 0.463. The summed E-state index contributed by atoms with van der Waals surface area (Å²) in [4.78, 5) is 0. The fourth-order valence-corrected chi connectivity index (χ4v) is 0.463. The summed E-state index contributed by atoms with van der Waals surface area (Å²) in [5, 5.41) is 0. The van der Waals surface area contributed by atoms with Crippen molar-refractivity contribution < 1.29 is 0 Å². The van der Waals surface area contributed by atoms with Gasteiger partial charge in [-0.05, 0) is 25.8 Å². The Labute approximate surface area is 57.3 Å². The molecule has 0 amide bonds. The van der Waals surface area contributed by atoms with Crippen molar-refractivity contribution in [3.8, 4) is 11.8 Å². The lowest BCUT2D eigenvalue weighted by Gasteiger charge is -1.87. The molecule has 0 unspecified atom stereocenters. The average molecular weight is 120 g/mol. The molecule has 0 aliphatic heterocycles. The van der Waals surface area contributed by atoms with Gasteiger partial charge in [-0.25, -0.2) is 0 Å². The van der Waals surface area contributed by atoms with Crippen LogP contribution in [0.3, 0.4) is 0 Å². The second-order valence-electron chi connectivity index (χ2n) is 1.88. The fraction of sp³-hybridized carbons (Fsp3) is 0.444. The van der Waals surface area contributed by atoms with Crippen LogP contribution in [-0.4, -0.2) is 0 Å². The van der Waals surface area contributed by atoms with E-state index in [0.717, 1.165) is 12.8 Å². The summed E-state index contributed by atoms with van der Waals surface area (Å²) in [5.74, 6) is 5.81. The average Bonchev–Trinajstić information content (AvgIpc) is 1.89.